The molecule has 1 aliphatic heterocycles. The van der Waals surface area contributed by atoms with E-state index in [1.54, 1.807) is 48.5 Å². The van der Waals surface area contributed by atoms with Crippen LogP contribution in [-0.4, -0.2) is 46.4 Å². The van der Waals surface area contributed by atoms with Crippen LogP contribution in [0, 0.1) is 0 Å². The van der Waals surface area contributed by atoms with E-state index in [0.29, 0.717) is 41.2 Å². The topological polar surface area (TPSA) is 104 Å². The molecule has 1 fully saturated rings. The van der Waals surface area contributed by atoms with E-state index < -0.39 is 23.7 Å². The number of rotatable bonds is 9. The molecule has 0 aromatic heterocycles. The van der Waals surface area contributed by atoms with Crippen LogP contribution in [0.5, 0.6) is 5.75 Å². The van der Waals surface area contributed by atoms with Crippen molar-refractivity contribution in [1.29, 1.82) is 0 Å². The Kier molecular flexibility index (Phi) is 7.53. The van der Waals surface area contributed by atoms with Crippen LogP contribution < -0.4 is 4.74 Å². The molecule has 0 aliphatic carbocycles. The Morgan fingerprint density at radius 3 is 2.25 bits per heavy atom. The number of aliphatic hydroxyl groups is 1. The van der Waals surface area contributed by atoms with Gasteiger partial charge in [0.2, 0.25) is 0 Å². The first-order valence-electron chi connectivity index (χ1n) is 10.2. The highest BCUT2D eigenvalue weighted by atomic mass is 35.5. The molecular weight excluding hydrogens is 434 g/mol. The summed E-state index contributed by atoms with van der Waals surface area (Å²) >= 11 is 6.01. The van der Waals surface area contributed by atoms with Gasteiger partial charge in [0, 0.05) is 23.6 Å². The second-order valence-electron chi connectivity index (χ2n) is 7.48. The van der Waals surface area contributed by atoms with Crippen LogP contribution in [0.15, 0.2) is 54.1 Å². The maximum Gasteiger partial charge on any atom is 0.303 e. The maximum atomic E-state index is 12.9. The Balaban J connectivity index is 1.96. The number of amides is 1. The van der Waals surface area contributed by atoms with Gasteiger partial charge in [-0.05, 0) is 54.8 Å². The number of carbonyl (C=O) groups is 3. The molecule has 168 valence electrons. The van der Waals surface area contributed by atoms with Gasteiger partial charge >= 0.3 is 5.97 Å². The van der Waals surface area contributed by atoms with Crippen LogP contribution in [0.2, 0.25) is 5.02 Å². The van der Waals surface area contributed by atoms with Gasteiger partial charge in [-0.3, -0.25) is 14.4 Å². The number of halogens is 1. The van der Waals surface area contributed by atoms with Crippen molar-refractivity contribution in [2.45, 2.75) is 31.7 Å². The lowest BCUT2D eigenvalue weighted by atomic mass is 9.95. The monoisotopic (exact) mass is 457 g/mol. The number of likely N-dealkylation sites (tertiary alicyclic amines) is 1. The van der Waals surface area contributed by atoms with Gasteiger partial charge < -0.3 is 19.8 Å². The summed E-state index contributed by atoms with van der Waals surface area (Å²) in [7, 11) is 1.53. The quantitative estimate of drug-likeness (QED) is 0.250. The van der Waals surface area contributed by atoms with Crippen molar-refractivity contribution in [2.75, 3.05) is 13.7 Å². The average molecular weight is 458 g/mol. The molecule has 0 radical (unpaired) electrons. The Bertz CT molecular complexity index is 1030. The number of ether oxygens (including phenoxy) is 1. The minimum atomic E-state index is -0.869. The lowest BCUT2D eigenvalue weighted by molar-refractivity contribution is -0.140. The summed E-state index contributed by atoms with van der Waals surface area (Å²) in [4.78, 5) is 38.0. The third-order valence-electron chi connectivity index (χ3n) is 5.38. The van der Waals surface area contributed by atoms with Gasteiger partial charge in [-0.25, -0.2) is 0 Å². The van der Waals surface area contributed by atoms with Gasteiger partial charge in [0.25, 0.3) is 11.7 Å². The molecule has 1 atom stereocenters. The largest absolute Gasteiger partial charge is 0.507 e. The van der Waals surface area contributed by atoms with Crippen molar-refractivity contribution in [3.05, 3.63) is 70.3 Å². The molecule has 1 amide bonds. The number of hydrogen-bond donors (Lipinski definition) is 2. The van der Waals surface area contributed by atoms with Crippen LogP contribution in [0.3, 0.4) is 0 Å². The lowest BCUT2D eigenvalue weighted by Crippen LogP contribution is -2.30. The van der Waals surface area contributed by atoms with Gasteiger partial charge in [0.1, 0.15) is 11.5 Å². The molecule has 0 saturated carbocycles. The maximum absolute atomic E-state index is 12.9. The highest BCUT2D eigenvalue weighted by Gasteiger charge is 2.45. The van der Waals surface area contributed by atoms with E-state index in [4.69, 9.17) is 21.4 Å². The normalized spacial score (nSPS) is 17.6. The third-order valence-corrected chi connectivity index (χ3v) is 5.63. The molecule has 32 heavy (non-hydrogen) atoms. The van der Waals surface area contributed by atoms with Crippen molar-refractivity contribution in [2.24, 2.45) is 0 Å². The van der Waals surface area contributed by atoms with Crippen molar-refractivity contribution < 1.29 is 29.3 Å². The van der Waals surface area contributed by atoms with Crippen molar-refractivity contribution in [3.63, 3.8) is 0 Å². The zero-order chi connectivity index (χ0) is 23.3. The first kappa shape index (κ1) is 23.3. The standard InChI is InChI=1S/C24H24ClNO6/c1-32-18-12-8-16(9-13-18)22(29)20-21(15-6-10-17(25)11-7-15)26(24(31)23(20)30)14-4-2-3-5-19(27)28/h6-13,21,29H,2-5,14H2,1H3,(H,27,28)/t21-/m0/s1. The van der Waals surface area contributed by atoms with Crippen molar-refractivity contribution in [1.82, 2.24) is 4.90 Å². The van der Waals surface area contributed by atoms with E-state index in [1.165, 1.54) is 12.0 Å². The van der Waals surface area contributed by atoms with Crippen LogP contribution in [-0.2, 0) is 14.4 Å². The smallest absolute Gasteiger partial charge is 0.303 e. The van der Waals surface area contributed by atoms with E-state index in [2.05, 4.69) is 0 Å². The molecule has 0 unspecified atom stereocenters. The molecule has 0 spiro atoms. The van der Waals surface area contributed by atoms with Gasteiger partial charge in [0.05, 0.1) is 18.7 Å². The van der Waals surface area contributed by atoms with Gasteiger partial charge in [-0.2, -0.15) is 0 Å². The number of carboxylic acid groups (broad SMARTS) is 1. The third kappa shape index (κ3) is 5.11. The number of benzene rings is 2. The molecule has 7 nitrogen and oxygen atoms in total. The Hall–Kier alpha value is -3.32. The summed E-state index contributed by atoms with van der Waals surface area (Å²) < 4.78 is 5.13. The van der Waals surface area contributed by atoms with Gasteiger partial charge in [-0.1, -0.05) is 30.2 Å². The summed E-state index contributed by atoms with van der Waals surface area (Å²) in [6.07, 6.45) is 1.67. The molecule has 2 N–H and O–H groups in total. The second kappa shape index (κ2) is 10.3. The highest BCUT2D eigenvalue weighted by Crippen LogP contribution is 2.40. The molecule has 2 aromatic carbocycles. The molecule has 1 saturated heterocycles. The predicted octanol–water partition coefficient (Wildman–Crippen LogP) is 4.42. The predicted molar refractivity (Wildman–Crippen MR) is 120 cm³/mol. The Morgan fingerprint density at radius 1 is 1.00 bits per heavy atom. The van der Waals surface area contributed by atoms with Crippen molar-refractivity contribution >= 4 is 35.0 Å². The number of methoxy groups -OCH3 is 1. The van der Waals surface area contributed by atoms with Crippen LogP contribution >= 0.6 is 11.6 Å². The minimum absolute atomic E-state index is 0.00743. The summed E-state index contributed by atoms with van der Waals surface area (Å²) in [6, 6.07) is 12.5. The number of Topliss-reactive ketones (excluding diaryl/α,β-unsaturated/α-hetero) is 1. The number of hydrogen-bond acceptors (Lipinski definition) is 5. The van der Waals surface area contributed by atoms with Crippen LogP contribution in [0.4, 0.5) is 0 Å². The van der Waals surface area contributed by atoms with Gasteiger partial charge in [-0.15, -0.1) is 0 Å². The SMILES string of the molecule is COc1ccc(C(O)=C2C(=O)C(=O)N(CCCCCC(=O)O)[C@H]2c2ccc(Cl)cc2)cc1. The van der Waals surface area contributed by atoms with Crippen molar-refractivity contribution in [3.8, 4) is 5.75 Å². The van der Waals surface area contributed by atoms with E-state index in [1.807, 2.05) is 0 Å². The first-order valence-corrected chi connectivity index (χ1v) is 10.6. The number of aliphatic hydroxyl groups excluding tert-OH is 1. The molecule has 8 heteroatoms. The zero-order valence-electron chi connectivity index (χ0n) is 17.6. The lowest BCUT2D eigenvalue weighted by Gasteiger charge is -2.25. The zero-order valence-corrected chi connectivity index (χ0v) is 18.3. The molecular formula is C24H24ClNO6. The number of carbonyl (C=O) groups excluding carboxylic acids is 2. The number of nitrogens with zero attached hydrogens (tertiary/aromatic N) is 1. The Labute approximate surface area is 190 Å². The molecule has 1 aliphatic rings. The summed E-state index contributed by atoms with van der Waals surface area (Å²) in [5, 5.41) is 20.3. The fourth-order valence-corrected chi connectivity index (χ4v) is 3.87. The summed E-state index contributed by atoms with van der Waals surface area (Å²) in [6.45, 7) is 0.261. The highest BCUT2D eigenvalue weighted by molar-refractivity contribution is 6.46. The van der Waals surface area contributed by atoms with Crippen LogP contribution in [0.1, 0.15) is 42.9 Å². The van der Waals surface area contributed by atoms with Crippen LogP contribution in [0.25, 0.3) is 5.76 Å². The molecule has 0 bridgehead atoms. The number of unbranched alkanes of at least 4 members (excludes halogenated alkanes) is 2. The van der Waals surface area contributed by atoms with Gasteiger partial charge in [0.15, 0.2) is 0 Å². The Morgan fingerprint density at radius 2 is 1.66 bits per heavy atom. The number of aliphatic carboxylic acids is 1. The van der Waals surface area contributed by atoms with E-state index in [9.17, 15) is 19.5 Å². The first-order chi connectivity index (χ1) is 15.3. The molecule has 3 rings (SSSR count). The molecule has 2 aromatic rings. The summed E-state index contributed by atoms with van der Waals surface area (Å²) in [5.74, 6) is -2.00. The average Bonchev–Trinajstić information content (AvgIpc) is 3.03. The second-order valence-corrected chi connectivity index (χ2v) is 7.91. The minimum Gasteiger partial charge on any atom is -0.507 e. The number of ketones is 1. The molecule has 1 heterocycles. The number of carboxylic acids is 1. The summed E-state index contributed by atoms with van der Waals surface area (Å²) in [5.41, 5.74) is 1.05. The van der Waals surface area contributed by atoms with E-state index in [0.717, 1.165) is 0 Å². The fraction of sp³-hybridized carbons (Fsp3) is 0.292. The van der Waals surface area contributed by atoms with E-state index in [-0.39, 0.29) is 24.3 Å². The van der Waals surface area contributed by atoms with E-state index >= 15 is 0 Å². The fourth-order valence-electron chi connectivity index (χ4n) is 3.74.